The van der Waals surface area contributed by atoms with E-state index >= 15 is 0 Å². The number of halogens is 2. The van der Waals surface area contributed by atoms with Crippen LogP contribution >= 0.6 is 11.8 Å². The summed E-state index contributed by atoms with van der Waals surface area (Å²) in [5.41, 5.74) is 4.33. The summed E-state index contributed by atoms with van der Waals surface area (Å²) >= 11 is 1.35. The molecule has 220 valence electrons. The number of likely N-dealkylation sites (tertiary alicyclic amines) is 1. The van der Waals surface area contributed by atoms with E-state index in [1.54, 1.807) is 0 Å². The van der Waals surface area contributed by atoms with Gasteiger partial charge in [-0.25, -0.2) is 13.8 Å². The van der Waals surface area contributed by atoms with Gasteiger partial charge in [0.05, 0.1) is 16.1 Å². The Bertz CT molecular complexity index is 1550. The molecular weight excluding hydrogens is 558 g/mol. The zero-order chi connectivity index (χ0) is 29.1. The van der Waals surface area contributed by atoms with Crippen molar-refractivity contribution in [2.45, 2.75) is 48.4 Å². The lowest BCUT2D eigenvalue weighted by Gasteiger charge is -2.30. The molecule has 2 aromatic carbocycles. The minimum atomic E-state index is -0.612. The highest BCUT2D eigenvalue weighted by atomic mass is 32.2. The number of amides is 1. The van der Waals surface area contributed by atoms with Crippen LogP contribution in [0, 0.1) is 11.6 Å². The molecular formula is C31H34F2N6O2S. The first-order valence-corrected chi connectivity index (χ1v) is 15.3. The lowest BCUT2D eigenvalue weighted by Crippen LogP contribution is -2.30. The number of nitrogens with zero attached hydrogens (tertiary/aromatic N) is 3. The fraction of sp³-hybridized carbons (Fsp3) is 0.387. The molecule has 8 nitrogen and oxygen atoms in total. The summed E-state index contributed by atoms with van der Waals surface area (Å²) in [5.74, 6) is -0.364. The van der Waals surface area contributed by atoms with Gasteiger partial charge in [-0.2, -0.15) is 5.10 Å². The summed E-state index contributed by atoms with van der Waals surface area (Å²) < 4.78 is 32.7. The first kappa shape index (κ1) is 28.6. The highest BCUT2D eigenvalue weighted by Crippen LogP contribution is 2.32. The highest BCUT2D eigenvalue weighted by molar-refractivity contribution is 7.98. The number of carbonyl (C=O) groups is 1. The van der Waals surface area contributed by atoms with Crippen molar-refractivity contribution in [3.8, 4) is 0 Å². The highest BCUT2D eigenvalue weighted by Gasteiger charge is 2.23. The molecule has 2 aromatic heterocycles. The van der Waals surface area contributed by atoms with Gasteiger partial charge in [0.2, 0.25) is 0 Å². The van der Waals surface area contributed by atoms with Crippen molar-refractivity contribution in [3.63, 3.8) is 0 Å². The van der Waals surface area contributed by atoms with Crippen LogP contribution in [0.15, 0.2) is 53.6 Å². The van der Waals surface area contributed by atoms with Crippen LogP contribution in [0.25, 0.3) is 11.0 Å². The van der Waals surface area contributed by atoms with Gasteiger partial charge in [-0.3, -0.25) is 9.89 Å². The molecule has 2 fully saturated rings. The number of ether oxygens (including phenoxy) is 1. The third-order valence-corrected chi connectivity index (χ3v) is 8.98. The molecule has 0 saturated carbocycles. The Morgan fingerprint density at radius 2 is 1.81 bits per heavy atom. The number of hydrogen-bond donors (Lipinski definition) is 3. The molecule has 1 amide bonds. The number of thioether (sulfide) groups is 1. The quantitative estimate of drug-likeness (QED) is 0.210. The van der Waals surface area contributed by atoms with Crippen molar-refractivity contribution in [2.24, 2.45) is 0 Å². The molecule has 2 saturated heterocycles. The maximum atomic E-state index is 13.7. The number of pyridine rings is 1. The van der Waals surface area contributed by atoms with Crippen molar-refractivity contribution >= 4 is 40.2 Å². The molecule has 4 aromatic rings. The van der Waals surface area contributed by atoms with Crippen LogP contribution in [-0.2, 0) is 10.5 Å². The van der Waals surface area contributed by atoms with Crippen LogP contribution in [0.3, 0.4) is 0 Å². The van der Waals surface area contributed by atoms with Crippen LogP contribution < -0.4 is 10.6 Å². The van der Waals surface area contributed by atoms with E-state index in [-0.39, 0.29) is 11.9 Å². The number of nitrogens with one attached hydrogen (secondary N) is 3. The predicted molar refractivity (Wildman–Crippen MR) is 161 cm³/mol. The van der Waals surface area contributed by atoms with Gasteiger partial charge in [-0.05, 0) is 99.3 Å². The van der Waals surface area contributed by atoms with Crippen LogP contribution in [0.2, 0.25) is 0 Å². The van der Waals surface area contributed by atoms with Gasteiger partial charge in [0.25, 0.3) is 5.91 Å². The molecule has 0 bridgehead atoms. The van der Waals surface area contributed by atoms with Crippen LogP contribution in [0.1, 0.15) is 53.1 Å². The average Bonchev–Trinajstić information content (AvgIpc) is 3.38. The smallest absolute Gasteiger partial charge is 0.259 e. The summed E-state index contributed by atoms with van der Waals surface area (Å²) in [7, 11) is 2.16. The Morgan fingerprint density at radius 1 is 1.05 bits per heavy atom. The van der Waals surface area contributed by atoms with Gasteiger partial charge >= 0.3 is 0 Å². The Morgan fingerprint density at radius 3 is 2.57 bits per heavy atom. The molecule has 2 aliphatic rings. The Balaban J connectivity index is 1.22. The largest absolute Gasteiger partial charge is 0.381 e. The van der Waals surface area contributed by atoms with Gasteiger partial charge < -0.3 is 20.3 Å². The topological polar surface area (TPSA) is 95.2 Å². The number of rotatable bonds is 8. The summed E-state index contributed by atoms with van der Waals surface area (Å²) in [5, 5.41) is 14.5. The second-order valence-corrected chi connectivity index (χ2v) is 12.0. The number of aromatic amines is 1. The predicted octanol–water partition coefficient (Wildman–Crippen LogP) is 6.18. The van der Waals surface area contributed by atoms with E-state index in [0.29, 0.717) is 57.9 Å². The number of anilines is 2. The van der Waals surface area contributed by atoms with E-state index in [2.05, 4.69) is 49.9 Å². The van der Waals surface area contributed by atoms with Gasteiger partial charge in [-0.1, -0.05) is 6.07 Å². The number of fused-ring (bicyclic) bond motifs is 1. The zero-order valence-electron chi connectivity index (χ0n) is 23.5. The number of H-pyrrole nitrogens is 1. The molecule has 0 unspecified atom stereocenters. The van der Waals surface area contributed by atoms with Gasteiger partial charge in [0, 0.05) is 36.8 Å². The normalized spacial score (nSPS) is 17.0. The number of aromatic nitrogens is 3. The molecule has 0 spiro atoms. The third kappa shape index (κ3) is 6.74. The van der Waals surface area contributed by atoms with E-state index in [1.165, 1.54) is 29.5 Å². The molecule has 42 heavy (non-hydrogen) atoms. The van der Waals surface area contributed by atoms with Crippen molar-refractivity contribution in [1.29, 1.82) is 0 Å². The van der Waals surface area contributed by atoms with E-state index in [4.69, 9.17) is 4.74 Å². The monoisotopic (exact) mass is 592 g/mol. The number of piperidine rings is 1. The Hall–Kier alpha value is -3.54. The molecule has 0 atom stereocenters. The van der Waals surface area contributed by atoms with E-state index < -0.39 is 11.6 Å². The van der Waals surface area contributed by atoms with Gasteiger partial charge in [-0.15, -0.1) is 11.8 Å². The minimum absolute atomic E-state index is 0.233. The molecule has 3 N–H and O–H groups in total. The lowest BCUT2D eigenvalue weighted by molar-refractivity contribution is 0.0904. The lowest BCUT2D eigenvalue weighted by atomic mass is 9.88. The maximum absolute atomic E-state index is 13.7. The van der Waals surface area contributed by atoms with Crippen molar-refractivity contribution in [2.75, 3.05) is 44.0 Å². The second-order valence-electron chi connectivity index (χ2n) is 11.1. The molecule has 0 radical (unpaired) electrons. The number of carbonyl (C=O) groups excluding carboxylic acids is 1. The van der Waals surface area contributed by atoms with Crippen LogP contribution in [0.4, 0.5) is 20.3 Å². The van der Waals surface area contributed by atoms with E-state index in [1.807, 2.05) is 18.2 Å². The number of benzene rings is 2. The molecule has 2 aliphatic heterocycles. The average molecular weight is 593 g/mol. The van der Waals surface area contributed by atoms with E-state index in [9.17, 15) is 13.6 Å². The fourth-order valence-corrected chi connectivity index (χ4v) is 6.41. The first-order chi connectivity index (χ1) is 20.4. The van der Waals surface area contributed by atoms with Crippen molar-refractivity contribution < 1.29 is 18.3 Å². The van der Waals surface area contributed by atoms with Crippen LogP contribution in [-0.4, -0.2) is 65.4 Å². The summed E-state index contributed by atoms with van der Waals surface area (Å²) in [6, 6.07) is 13.5. The summed E-state index contributed by atoms with van der Waals surface area (Å²) in [6.45, 7) is 3.53. The van der Waals surface area contributed by atoms with Crippen molar-refractivity contribution in [3.05, 3.63) is 76.9 Å². The SMILES string of the molecule is CN1CCC(c2ccc(C(=O)Nc3n[nH]c4ccc(SCc5cc(F)cc(F)c5)nc34)c(NC3CCOCC3)c2)CC1. The molecule has 0 aliphatic carbocycles. The Labute approximate surface area is 247 Å². The summed E-state index contributed by atoms with van der Waals surface area (Å²) in [6.07, 6.45) is 3.96. The molecule has 6 rings (SSSR count). The third-order valence-electron chi connectivity index (χ3n) is 7.98. The first-order valence-electron chi connectivity index (χ1n) is 14.3. The molecule has 4 heterocycles. The van der Waals surface area contributed by atoms with E-state index in [0.717, 1.165) is 50.5 Å². The van der Waals surface area contributed by atoms with Gasteiger partial charge in [0.1, 0.15) is 17.2 Å². The second kappa shape index (κ2) is 12.8. The Kier molecular flexibility index (Phi) is 8.68. The number of hydrogen-bond acceptors (Lipinski definition) is 7. The summed E-state index contributed by atoms with van der Waals surface area (Å²) in [4.78, 5) is 20.7. The minimum Gasteiger partial charge on any atom is -0.381 e. The van der Waals surface area contributed by atoms with Crippen LogP contribution in [0.5, 0.6) is 0 Å². The maximum Gasteiger partial charge on any atom is 0.259 e. The van der Waals surface area contributed by atoms with Crippen molar-refractivity contribution in [1.82, 2.24) is 20.1 Å². The zero-order valence-corrected chi connectivity index (χ0v) is 24.3. The van der Waals surface area contributed by atoms with Gasteiger partial charge in [0.15, 0.2) is 5.82 Å². The molecule has 11 heteroatoms. The standard InChI is InChI=1S/C31H34F2N6O2S/c1-39-10-6-20(7-11-39)21-2-3-25(27(16-21)34-24-8-12-41-13-9-24)31(40)36-30-29-26(37-38-30)4-5-28(35-29)42-18-19-14-22(32)17-23(33)15-19/h2-5,14-17,20,24,34H,6-13,18H2,1H3,(H2,36,37,38,40). The fourth-order valence-electron chi connectivity index (χ4n) is 5.61.